The Bertz CT molecular complexity index is 683. The quantitative estimate of drug-likeness (QED) is 0.333. The summed E-state index contributed by atoms with van der Waals surface area (Å²) in [7, 11) is -1.39. The first-order chi connectivity index (χ1) is 13.0. The van der Waals surface area contributed by atoms with Gasteiger partial charge in [0.25, 0.3) is 0 Å². The first kappa shape index (κ1) is 21.7. The number of aliphatic imine (C=N–C) groups is 1. The van der Waals surface area contributed by atoms with E-state index in [1.165, 1.54) is 49.7 Å². The van der Waals surface area contributed by atoms with E-state index in [9.17, 15) is 8.42 Å². The molecule has 2 rings (SSSR count). The number of likely N-dealkylation sites (tertiary alicyclic amines) is 1. The van der Waals surface area contributed by atoms with Crippen LogP contribution in [-0.4, -0.2) is 58.8 Å². The maximum Gasteiger partial charge on any atom is 0.208 e. The van der Waals surface area contributed by atoms with Gasteiger partial charge in [-0.15, -0.1) is 0 Å². The Kier molecular flexibility index (Phi) is 9.03. The molecule has 0 aliphatic carbocycles. The fourth-order valence-electron chi connectivity index (χ4n) is 3.10. The van der Waals surface area contributed by atoms with Gasteiger partial charge in [-0.05, 0) is 43.5 Å². The number of nitrogens with zero attached hydrogens (tertiary/aromatic N) is 2. The summed E-state index contributed by atoms with van der Waals surface area (Å²) in [6.45, 7) is 5.23. The highest BCUT2D eigenvalue weighted by Crippen LogP contribution is 2.13. The summed E-state index contributed by atoms with van der Waals surface area (Å²) < 4.78 is 24.5. The fourth-order valence-corrected chi connectivity index (χ4v) is 3.61. The second kappa shape index (κ2) is 11.3. The van der Waals surface area contributed by atoms with E-state index in [-0.39, 0.29) is 0 Å². The van der Waals surface area contributed by atoms with Crippen LogP contribution < -0.4 is 15.4 Å². The van der Waals surface area contributed by atoms with Crippen molar-refractivity contribution in [1.29, 1.82) is 0 Å². The molecular weight excluding hydrogens is 362 g/mol. The Hall–Kier alpha value is -1.64. The second-order valence-electron chi connectivity index (χ2n) is 7.03. The van der Waals surface area contributed by atoms with Crippen molar-refractivity contribution in [2.24, 2.45) is 4.99 Å². The molecule has 27 heavy (non-hydrogen) atoms. The van der Waals surface area contributed by atoms with Gasteiger partial charge in [0, 0.05) is 33.2 Å². The van der Waals surface area contributed by atoms with E-state index in [4.69, 9.17) is 0 Å². The third-order valence-electron chi connectivity index (χ3n) is 4.57. The van der Waals surface area contributed by atoms with Crippen molar-refractivity contribution >= 4 is 16.0 Å². The van der Waals surface area contributed by atoms with Gasteiger partial charge < -0.3 is 10.6 Å². The lowest BCUT2D eigenvalue weighted by Gasteiger charge is -2.26. The standard InChI is InChI=1S/C19H33N5O2S/c1-20-19(21-11-6-12-23-27(2,25)26)22-15-17-7-9-18(10-8-17)16-24-13-4-3-5-14-24/h7-10,23H,3-6,11-16H2,1-2H3,(H2,20,21,22). The van der Waals surface area contributed by atoms with E-state index >= 15 is 0 Å². The van der Waals surface area contributed by atoms with Gasteiger partial charge in [-0.3, -0.25) is 9.89 Å². The molecule has 1 aliphatic rings. The molecule has 0 atom stereocenters. The van der Waals surface area contributed by atoms with Crippen molar-refractivity contribution in [3.05, 3.63) is 35.4 Å². The first-order valence-corrected chi connectivity index (χ1v) is 11.5. The SMILES string of the molecule is CN=C(NCCCNS(C)(=O)=O)NCc1ccc(CN2CCCCC2)cc1. The molecule has 0 aromatic heterocycles. The summed E-state index contributed by atoms with van der Waals surface area (Å²) in [5.41, 5.74) is 2.57. The Morgan fingerprint density at radius 2 is 1.70 bits per heavy atom. The molecule has 3 N–H and O–H groups in total. The monoisotopic (exact) mass is 395 g/mol. The van der Waals surface area contributed by atoms with Crippen molar-refractivity contribution < 1.29 is 8.42 Å². The first-order valence-electron chi connectivity index (χ1n) is 9.65. The number of guanidine groups is 1. The van der Waals surface area contributed by atoms with Gasteiger partial charge in [-0.1, -0.05) is 30.7 Å². The van der Waals surface area contributed by atoms with E-state index in [0.29, 0.717) is 32.0 Å². The van der Waals surface area contributed by atoms with Crippen LogP contribution in [0.3, 0.4) is 0 Å². The third-order valence-corrected chi connectivity index (χ3v) is 5.30. The van der Waals surface area contributed by atoms with Crippen molar-refractivity contribution in [1.82, 2.24) is 20.3 Å². The van der Waals surface area contributed by atoms with Gasteiger partial charge in [0.2, 0.25) is 10.0 Å². The van der Waals surface area contributed by atoms with E-state index in [0.717, 1.165) is 6.54 Å². The lowest BCUT2D eigenvalue weighted by molar-refractivity contribution is 0.221. The van der Waals surface area contributed by atoms with E-state index in [1.807, 2.05) is 0 Å². The summed E-state index contributed by atoms with van der Waals surface area (Å²) in [6, 6.07) is 8.74. The molecule has 1 saturated heterocycles. The van der Waals surface area contributed by atoms with Gasteiger partial charge in [-0.2, -0.15) is 0 Å². The van der Waals surface area contributed by atoms with Gasteiger partial charge in [0.05, 0.1) is 6.26 Å². The number of rotatable bonds is 9. The summed E-state index contributed by atoms with van der Waals surface area (Å²) in [5.74, 6) is 0.715. The van der Waals surface area contributed by atoms with Crippen molar-refractivity contribution in [2.75, 3.05) is 39.5 Å². The third kappa shape index (κ3) is 9.21. The van der Waals surface area contributed by atoms with Crippen LogP contribution in [0.1, 0.15) is 36.8 Å². The van der Waals surface area contributed by atoms with Crippen molar-refractivity contribution in [3.8, 4) is 0 Å². The zero-order valence-electron chi connectivity index (χ0n) is 16.5. The average Bonchev–Trinajstić information content (AvgIpc) is 2.65. The van der Waals surface area contributed by atoms with Gasteiger partial charge >= 0.3 is 0 Å². The Labute approximate surface area is 163 Å². The highest BCUT2D eigenvalue weighted by atomic mass is 32.2. The summed E-state index contributed by atoms with van der Waals surface area (Å²) >= 11 is 0. The minimum Gasteiger partial charge on any atom is -0.356 e. The van der Waals surface area contributed by atoms with E-state index in [1.54, 1.807) is 7.05 Å². The fraction of sp³-hybridized carbons (Fsp3) is 0.632. The molecule has 8 heteroatoms. The Morgan fingerprint density at radius 1 is 1.04 bits per heavy atom. The van der Waals surface area contributed by atoms with Crippen molar-refractivity contribution in [3.63, 3.8) is 0 Å². The molecule has 0 spiro atoms. The molecule has 152 valence electrons. The predicted molar refractivity (Wildman–Crippen MR) is 111 cm³/mol. The number of piperidine rings is 1. The molecule has 0 bridgehead atoms. The minimum atomic E-state index is -3.12. The van der Waals surface area contributed by atoms with Crippen LogP contribution in [0.2, 0.25) is 0 Å². The number of benzene rings is 1. The number of nitrogens with one attached hydrogen (secondary N) is 3. The minimum absolute atomic E-state index is 0.418. The van der Waals surface area contributed by atoms with Gasteiger partial charge in [0.1, 0.15) is 0 Å². The Morgan fingerprint density at radius 3 is 2.33 bits per heavy atom. The molecule has 0 amide bonds. The lowest BCUT2D eigenvalue weighted by Crippen LogP contribution is -2.38. The molecule has 7 nitrogen and oxygen atoms in total. The van der Waals surface area contributed by atoms with Crippen LogP contribution in [0.25, 0.3) is 0 Å². The molecule has 0 unspecified atom stereocenters. The molecule has 1 aromatic carbocycles. The zero-order valence-corrected chi connectivity index (χ0v) is 17.3. The van der Waals surface area contributed by atoms with Crippen LogP contribution in [0.5, 0.6) is 0 Å². The molecule has 0 saturated carbocycles. The highest BCUT2D eigenvalue weighted by Gasteiger charge is 2.10. The highest BCUT2D eigenvalue weighted by molar-refractivity contribution is 7.88. The zero-order chi connectivity index (χ0) is 19.5. The molecule has 0 radical (unpaired) electrons. The summed E-state index contributed by atoms with van der Waals surface area (Å²) in [4.78, 5) is 6.72. The largest absolute Gasteiger partial charge is 0.356 e. The second-order valence-corrected chi connectivity index (χ2v) is 8.86. The Balaban J connectivity index is 1.67. The number of hydrogen-bond donors (Lipinski definition) is 3. The van der Waals surface area contributed by atoms with Crippen molar-refractivity contribution in [2.45, 2.75) is 38.8 Å². The topological polar surface area (TPSA) is 85.8 Å². The van der Waals surface area contributed by atoms with Crippen LogP contribution >= 0.6 is 0 Å². The van der Waals surface area contributed by atoms with E-state index in [2.05, 4.69) is 49.5 Å². The molecule has 1 fully saturated rings. The average molecular weight is 396 g/mol. The molecule has 1 aromatic rings. The van der Waals surface area contributed by atoms with Crippen LogP contribution in [0, 0.1) is 0 Å². The van der Waals surface area contributed by atoms with Gasteiger partial charge in [0.15, 0.2) is 5.96 Å². The number of sulfonamides is 1. The number of hydrogen-bond acceptors (Lipinski definition) is 4. The van der Waals surface area contributed by atoms with Crippen LogP contribution in [0.15, 0.2) is 29.3 Å². The maximum absolute atomic E-state index is 11.0. The van der Waals surface area contributed by atoms with Gasteiger partial charge in [-0.25, -0.2) is 13.1 Å². The molecule has 1 heterocycles. The molecular formula is C19H33N5O2S. The van der Waals surface area contributed by atoms with Crippen LogP contribution in [0.4, 0.5) is 0 Å². The summed E-state index contributed by atoms with van der Waals surface area (Å²) in [5, 5.41) is 6.47. The normalized spacial score (nSPS) is 16.3. The summed E-state index contributed by atoms with van der Waals surface area (Å²) in [6.07, 6.45) is 5.86. The smallest absolute Gasteiger partial charge is 0.208 e. The van der Waals surface area contributed by atoms with E-state index < -0.39 is 10.0 Å². The molecule has 1 aliphatic heterocycles. The van der Waals surface area contributed by atoms with Crippen LogP contribution in [-0.2, 0) is 23.1 Å². The predicted octanol–water partition coefficient (Wildman–Crippen LogP) is 1.28. The lowest BCUT2D eigenvalue weighted by atomic mass is 10.1. The maximum atomic E-state index is 11.0.